The molecule has 2 aromatic heterocycles. The van der Waals surface area contributed by atoms with Crippen molar-refractivity contribution in [2.75, 3.05) is 55.9 Å². The number of carboxylic acid groups (broad SMARTS) is 3. The van der Waals surface area contributed by atoms with Crippen molar-refractivity contribution >= 4 is 103 Å². The smallest absolute Gasteiger partial charge is 0.404 e. The van der Waals surface area contributed by atoms with Gasteiger partial charge in [-0.25, -0.2) is 14.8 Å². The molecule has 0 unspecified atom stereocenters. The number of nitrogens with one attached hydrogen (secondary N) is 5. The highest BCUT2D eigenvalue weighted by molar-refractivity contribution is 8.76. The second kappa shape index (κ2) is 25.2. The predicted octanol–water partition coefficient (Wildman–Crippen LogP) is -0.305. The van der Waals surface area contributed by atoms with Crippen molar-refractivity contribution in [3.63, 3.8) is 0 Å². The van der Waals surface area contributed by atoms with Crippen molar-refractivity contribution in [1.82, 2.24) is 40.8 Å². The van der Waals surface area contributed by atoms with Gasteiger partial charge in [0.1, 0.15) is 12.6 Å². The molecule has 14 N–H and O–H groups in total. The molecule has 1 saturated heterocycles. The predicted molar refractivity (Wildman–Crippen MR) is 281 cm³/mol. The number of hydrogen-bond acceptors (Lipinski definition) is 23. The zero-order valence-electron chi connectivity index (χ0n) is 42.6. The number of Topliss-reactive ketones (excluding diaryl/α,β-unsaturated/α-hetero) is 4. The number of methoxy groups -OCH3 is 1. The molecule has 4 heterocycles. The third kappa shape index (κ3) is 13.5. The Morgan fingerprint density at radius 2 is 1.67 bits per heavy atom. The maximum atomic E-state index is 14.1. The van der Waals surface area contributed by atoms with Crippen LogP contribution in [0.3, 0.4) is 0 Å². The summed E-state index contributed by atoms with van der Waals surface area (Å²) in [6.45, 7) is 1.55. The first-order valence-electron chi connectivity index (χ1n) is 24.7. The average Bonchev–Trinajstić information content (AvgIpc) is 3.78. The molecule has 2 aliphatic carbocycles. The molecule has 3 amide bonds. The number of benzene rings is 1. The summed E-state index contributed by atoms with van der Waals surface area (Å²) in [5, 5.41) is 40.0. The molecule has 2 fully saturated rings. The molecule has 8 atom stereocenters. The van der Waals surface area contributed by atoms with E-state index in [1.165, 1.54) is 43.2 Å². The van der Waals surface area contributed by atoms with Gasteiger partial charge in [0.2, 0.25) is 29.3 Å². The molecule has 1 aromatic carbocycles. The van der Waals surface area contributed by atoms with Crippen LogP contribution in [0.25, 0.3) is 11.2 Å². The summed E-state index contributed by atoms with van der Waals surface area (Å²) in [6, 6.07) is 2.90. The highest BCUT2D eigenvalue weighted by atomic mass is 33.1. The van der Waals surface area contributed by atoms with E-state index in [0.29, 0.717) is 17.9 Å². The number of nitrogens with two attached hydrogens (primary N) is 3. The van der Waals surface area contributed by atoms with Crippen molar-refractivity contribution < 1.29 is 72.7 Å². The second-order valence-corrected chi connectivity index (χ2v) is 21.8. The number of carbonyl (C=O) groups is 10. The van der Waals surface area contributed by atoms with Crippen LogP contribution in [-0.4, -0.2) is 162 Å². The van der Waals surface area contributed by atoms with Gasteiger partial charge < -0.3 is 68.2 Å². The molecule has 1 saturated carbocycles. The fourth-order valence-electron chi connectivity index (χ4n) is 9.95. The van der Waals surface area contributed by atoms with Gasteiger partial charge in [0.25, 0.3) is 5.56 Å². The zero-order valence-corrected chi connectivity index (χ0v) is 44.2. The summed E-state index contributed by atoms with van der Waals surface area (Å²) in [5.74, 6) is -11.2. The first-order chi connectivity index (χ1) is 37.5. The molecular weight excluding hydrogens is 1080 g/mol. The molecule has 0 radical (unpaired) electrons. The van der Waals surface area contributed by atoms with E-state index in [9.17, 15) is 68.1 Å². The third-order valence-corrected chi connectivity index (χ3v) is 16.5. The standard InChI is InChI=1S/C49H58N12O16S2/c1-21-37(41(68)36-29(19-77-48(52)75)49(76-2)28-11-24(28)18-61(49)39(36)40(21)67)53-9-10-78-79-20-25(46(73)74)13-33(63)31(14-35(65)66)58-43(69)30(50)17-55-34(64)8-5-23(45(71)72)12-32(62)22-3-6-26(7-4-22)54-15-27-16-56-42-38(57-27)44(70)60-47(51)59-42/h3-4,6-7,16,23-25,28-31,53-54H,5,8-15,17-20,50H2,1-2H3,(H2,52,75)(H,55,64)(H,58,69)(H,65,66)(H,71,72)(H,73,74)(H3,51,56,59,60,70)/t23-,24-,25+,28-,29+,30+,31+,49-/m0/s1. The maximum Gasteiger partial charge on any atom is 0.404 e. The summed E-state index contributed by atoms with van der Waals surface area (Å²) in [4.78, 5) is 156. The number of aromatic amines is 1. The summed E-state index contributed by atoms with van der Waals surface area (Å²) in [5.41, 5.74) is 17.1. The van der Waals surface area contributed by atoms with E-state index in [-0.39, 0.29) is 107 Å². The fourth-order valence-corrected chi connectivity index (χ4v) is 12.2. The Balaban J connectivity index is 0.822. The van der Waals surface area contributed by atoms with Crippen LogP contribution in [0.1, 0.15) is 61.5 Å². The van der Waals surface area contributed by atoms with Crippen LogP contribution in [0.4, 0.5) is 16.4 Å². The Kier molecular flexibility index (Phi) is 18.7. The number of hydrogen-bond donors (Lipinski definition) is 11. The summed E-state index contributed by atoms with van der Waals surface area (Å²) in [6.07, 6.45) is -1.49. The summed E-state index contributed by atoms with van der Waals surface area (Å²) < 4.78 is 11.2. The van der Waals surface area contributed by atoms with E-state index in [1.807, 2.05) is 4.90 Å². The lowest BCUT2D eigenvalue weighted by molar-refractivity contribution is -0.146. The molecule has 30 heteroatoms. The van der Waals surface area contributed by atoms with Gasteiger partial charge in [-0.2, -0.15) is 4.98 Å². The van der Waals surface area contributed by atoms with Crippen LogP contribution in [0, 0.1) is 29.6 Å². The molecule has 0 bridgehead atoms. The van der Waals surface area contributed by atoms with Crippen LogP contribution >= 0.6 is 21.6 Å². The number of carboxylic acids is 3. The number of aliphatic carboxylic acids is 3. The monoisotopic (exact) mass is 1130 g/mol. The lowest BCUT2D eigenvalue weighted by atomic mass is 9.82. The van der Waals surface area contributed by atoms with E-state index in [0.717, 1.165) is 17.2 Å². The number of fused-ring (bicyclic) bond motifs is 5. The molecule has 0 spiro atoms. The molecule has 4 aliphatic rings. The number of carbonyl (C=O) groups excluding carboxylic acids is 7. The second-order valence-electron chi connectivity index (χ2n) is 19.2. The number of primary amides is 1. The lowest BCUT2D eigenvalue weighted by Gasteiger charge is -2.40. The molecular formula is C49H58N12O16S2. The first-order valence-corrected chi connectivity index (χ1v) is 27.2. The van der Waals surface area contributed by atoms with Crippen LogP contribution in [0.5, 0.6) is 0 Å². The maximum absolute atomic E-state index is 14.1. The Hall–Kier alpha value is -7.96. The average molecular weight is 1140 g/mol. The fraction of sp³-hybridized carbons (Fsp3) is 0.469. The van der Waals surface area contributed by atoms with Crippen molar-refractivity contribution in [2.24, 2.45) is 41.1 Å². The van der Waals surface area contributed by atoms with Crippen LogP contribution in [0.15, 0.2) is 57.8 Å². The van der Waals surface area contributed by atoms with Crippen LogP contribution in [0.2, 0.25) is 0 Å². The van der Waals surface area contributed by atoms with Crippen LogP contribution < -0.4 is 44.0 Å². The molecule has 7 rings (SSSR count). The number of nitrogen functional groups attached to an aromatic ring is 1. The van der Waals surface area contributed by atoms with E-state index in [4.69, 9.17) is 26.7 Å². The number of H-pyrrole nitrogens is 1. The topological polar surface area (TPSA) is 451 Å². The highest BCUT2D eigenvalue weighted by Gasteiger charge is 2.72. The minimum atomic E-state index is -1.69. The minimum absolute atomic E-state index is 0.00167. The number of allylic oxidation sites excluding steroid dienone is 2. The lowest BCUT2D eigenvalue weighted by Crippen LogP contribution is -2.53. The van der Waals surface area contributed by atoms with Gasteiger partial charge in [-0.3, -0.25) is 52.9 Å². The number of anilines is 2. The van der Waals surface area contributed by atoms with Crippen molar-refractivity contribution in [3.05, 3.63) is 74.6 Å². The van der Waals surface area contributed by atoms with Gasteiger partial charge in [-0.1, -0.05) is 21.6 Å². The quantitative estimate of drug-likeness (QED) is 0.0177. The number of ether oxygens (including phenoxy) is 2. The van der Waals surface area contributed by atoms with Gasteiger partial charge in [-0.05, 0) is 49.9 Å². The number of rotatable bonds is 30. The molecule has 422 valence electrons. The Morgan fingerprint density at radius 1 is 0.949 bits per heavy atom. The minimum Gasteiger partial charge on any atom is -0.481 e. The number of nitrogens with zero attached hydrogens (tertiary/aromatic N) is 4. The number of piperidine rings is 1. The number of aromatic nitrogens is 4. The van der Waals surface area contributed by atoms with Crippen molar-refractivity contribution in [2.45, 2.75) is 69.8 Å². The van der Waals surface area contributed by atoms with Gasteiger partial charge in [0.15, 0.2) is 28.5 Å². The van der Waals surface area contributed by atoms with E-state index in [1.54, 1.807) is 12.1 Å². The van der Waals surface area contributed by atoms with E-state index >= 15 is 0 Å². The largest absolute Gasteiger partial charge is 0.481 e. The molecule has 28 nitrogen and oxygen atoms in total. The van der Waals surface area contributed by atoms with E-state index < -0.39 is 120 Å². The Bertz CT molecular complexity index is 3100. The van der Waals surface area contributed by atoms with Crippen molar-refractivity contribution in [1.29, 1.82) is 0 Å². The summed E-state index contributed by atoms with van der Waals surface area (Å²) >= 11 is 0. The van der Waals surface area contributed by atoms with Gasteiger partial charge in [-0.15, -0.1) is 0 Å². The SMILES string of the molecule is CO[C@@]12[C@H](COC(N)=O)C3=C(C(=O)C(C)=C(NCCSSC[C@@H](CC(=O)[C@@H](CC(=O)O)NC(=O)[C@H](N)CNC(=O)CC[C@@H](CC(=O)c4ccc(NCc5cnc6nc(N)[nH]c(=O)c6n5)cc4)C(=O)O)C(=O)O)C3=O)N1C[C@@H]1C[C@@H]12. The molecule has 79 heavy (non-hydrogen) atoms. The first kappa shape index (κ1) is 58.7. The highest BCUT2D eigenvalue weighted by Crippen LogP contribution is 2.65. The Morgan fingerprint density at radius 3 is 2.34 bits per heavy atom. The van der Waals surface area contributed by atoms with E-state index in [2.05, 4.69) is 41.2 Å². The van der Waals surface area contributed by atoms with Crippen molar-refractivity contribution in [3.8, 4) is 0 Å². The third-order valence-electron chi connectivity index (χ3n) is 14.0. The summed E-state index contributed by atoms with van der Waals surface area (Å²) in [7, 11) is 3.77. The van der Waals surface area contributed by atoms with Crippen LogP contribution in [-0.2, 0) is 54.4 Å². The molecule has 3 aromatic rings. The van der Waals surface area contributed by atoms with Gasteiger partial charge >= 0.3 is 24.0 Å². The Labute approximate surface area is 456 Å². The van der Waals surface area contributed by atoms with Gasteiger partial charge in [0.05, 0.1) is 60.0 Å². The zero-order chi connectivity index (χ0) is 57.5. The normalized spacial score (nSPS) is 20.5. The van der Waals surface area contributed by atoms with Gasteiger partial charge in [0, 0.05) is 85.8 Å². The number of ketones is 4. The molecule has 2 aliphatic heterocycles. The number of amides is 3.